The van der Waals surface area contributed by atoms with Gasteiger partial charge in [-0.3, -0.25) is 4.90 Å². The molecule has 0 radical (unpaired) electrons. The first-order valence-electron chi connectivity index (χ1n) is 13.8. The standard InChI is InChI=1S/C27H39N3O.2C2H6/c1-5-24(31)11-8-9-15-29-16-18-30(19-17-29)27(25-12-7-6-10-22(25)3)28-26-14-13-21(2)20-23(26)4;2*1-2/h5-7,10,12,14,20-21,24,31H,1,8-9,11,13,15-19H2,2-4H3;2*1-2H3. The van der Waals surface area contributed by atoms with E-state index in [1.54, 1.807) is 6.08 Å². The van der Waals surface area contributed by atoms with E-state index in [0.717, 1.165) is 69.9 Å². The van der Waals surface area contributed by atoms with E-state index in [1.807, 2.05) is 27.7 Å². The average Bonchev–Trinajstić information content (AvgIpc) is 2.89. The first-order valence-corrected chi connectivity index (χ1v) is 13.8. The molecule has 2 aliphatic rings. The number of unbranched alkanes of at least 4 members (excludes halogenated alkanes) is 1. The van der Waals surface area contributed by atoms with Crippen LogP contribution in [0, 0.1) is 12.8 Å². The Morgan fingerprint density at radius 1 is 1.09 bits per heavy atom. The lowest BCUT2D eigenvalue weighted by Crippen LogP contribution is -2.49. The largest absolute Gasteiger partial charge is 0.389 e. The molecular weight excluding hydrogens is 430 g/mol. The molecule has 2 atom stereocenters. The lowest BCUT2D eigenvalue weighted by atomic mass is 9.96. The van der Waals surface area contributed by atoms with Crippen LogP contribution < -0.4 is 0 Å². The molecule has 1 aliphatic heterocycles. The maximum Gasteiger partial charge on any atom is 0.136 e. The molecule has 0 saturated carbocycles. The van der Waals surface area contributed by atoms with Crippen LogP contribution in [-0.2, 0) is 0 Å². The predicted octanol–water partition coefficient (Wildman–Crippen LogP) is 7.00. The average molecular weight is 482 g/mol. The highest BCUT2D eigenvalue weighted by molar-refractivity contribution is 6.01. The van der Waals surface area contributed by atoms with Crippen molar-refractivity contribution in [2.75, 3.05) is 32.7 Å². The third-order valence-electron chi connectivity index (χ3n) is 6.40. The summed E-state index contributed by atoms with van der Waals surface area (Å²) in [5.74, 6) is 1.71. The van der Waals surface area contributed by atoms with E-state index in [4.69, 9.17) is 4.99 Å². The van der Waals surface area contributed by atoms with Crippen LogP contribution in [0.2, 0.25) is 0 Å². The summed E-state index contributed by atoms with van der Waals surface area (Å²) in [5.41, 5.74) is 4.92. The van der Waals surface area contributed by atoms with Gasteiger partial charge in [0.1, 0.15) is 5.84 Å². The van der Waals surface area contributed by atoms with E-state index in [0.29, 0.717) is 5.92 Å². The molecule has 1 aromatic carbocycles. The fourth-order valence-electron chi connectivity index (χ4n) is 4.40. The zero-order valence-corrected chi connectivity index (χ0v) is 23.6. The minimum atomic E-state index is -0.362. The molecule has 4 nitrogen and oxygen atoms in total. The fraction of sp³-hybridized carbons (Fsp3) is 0.581. The van der Waals surface area contributed by atoms with E-state index in [-0.39, 0.29) is 6.10 Å². The highest BCUT2D eigenvalue weighted by atomic mass is 16.3. The van der Waals surface area contributed by atoms with Crippen LogP contribution in [0.1, 0.15) is 78.4 Å². The van der Waals surface area contributed by atoms with Crippen LogP contribution >= 0.6 is 0 Å². The molecule has 0 bridgehead atoms. The summed E-state index contributed by atoms with van der Waals surface area (Å²) in [5, 5.41) is 9.63. The Morgan fingerprint density at radius 3 is 2.34 bits per heavy atom. The van der Waals surface area contributed by atoms with Crippen molar-refractivity contribution in [2.24, 2.45) is 10.9 Å². The highest BCUT2D eigenvalue weighted by Gasteiger charge is 2.22. The summed E-state index contributed by atoms with van der Waals surface area (Å²) in [4.78, 5) is 10.2. The topological polar surface area (TPSA) is 39.1 Å². The number of hydrogen-bond donors (Lipinski definition) is 1. The molecule has 35 heavy (non-hydrogen) atoms. The van der Waals surface area contributed by atoms with Crippen molar-refractivity contribution in [3.8, 4) is 0 Å². The lowest BCUT2D eigenvalue weighted by molar-refractivity contribution is 0.172. The SMILES string of the molecule is C=CC(O)CCCCN1CCN(C(=NC2=CCC(C)C=C2C)c2ccccc2C)CC1.CC.CC. The number of aliphatic imine (C=N–C) groups is 1. The van der Waals surface area contributed by atoms with Crippen LogP contribution in [0.15, 0.2) is 65.3 Å². The Kier molecular flexibility index (Phi) is 15.2. The zero-order valence-electron chi connectivity index (χ0n) is 23.6. The van der Waals surface area contributed by atoms with Gasteiger partial charge in [0.2, 0.25) is 0 Å². The number of aliphatic hydroxyl groups excluding tert-OH is 1. The number of amidine groups is 1. The molecule has 0 aromatic heterocycles. The first-order chi connectivity index (χ1) is 17.0. The first kappa shape index (κ1) is 30.9. The molecule has 1 fully saturated rings. The normalized spacial score (nSPS) is 19.4. The molecule has 1 saturated heterocycles. The summed E-state index contributed by atoms with van der Waals surface area (Å²) in [7, 11) is 0. The second-order valence-corrected chi connectivity index (χ2v) is 9.03. The predicted molar refractivity (Wildman–Crippen MR) is 154 cm³/mol. The molecule has 4 heteroatoms. The monoisotopic (exact) mass is 481 g/mol. The summed E-state index contributed by atoms with van der Waals surface area (Å²) in [6.45, 7) is 23.5. The number of piperazine rings is 1. The molecule has 2 unspecified atom stereocenters. The Labute approximate surface area is 216 Å². The lowest BCUT2D eigenvalue weighted by Gasteiger charge is -2.37. The van der Waals surface area contributed by atoms with Gasteiger partial charge in [-0.2, -0.15) is 0 Å². The third-order valence-corrected chi connectivity index (χ3v) is 6.40. The van der Waals surface area contributed by atoms with Crippen molar-refractivity contribution < 1.29 is 5.11 Å². The number of rotatable bonds is 8. The minimum Gasteiger partial charge on any atom is -0.389 e. The summed E-state index contributed by atoms with van der Waals surface area (Å²) in [6, 6.07) is 8.60. The van der Waals surface area contributed by atoms with Crippen molar-refractivity contribution in [3.05, 3.63) is 71.5 Å². The van der Waals surface area contributed by atoms with Crippen molar-refractivity contribution >= 4 is 5.84 Å². The number of hydrogen-bond acceptors (Lipinski definition) is 3. The van der Waals surface area contributed by atoms with E-state index in [1.165, 1.54) is 16.7 Å². The Bertz CT molecular complexity index is 831. The van der Waals surface area contributed by atoms with Gasteiger partial charge in [0.25, 0.3) is 0 Å². The maximum absolute atomic E-state index is 9.63. The van der Waals surface area contributed by atoms with Gasteiger partial charge in [-0.25, -0.2) is 4.99 Å². The number of aryl methyl sites for hydroxylation is 1. The highest BCUT2D eigenvalue weighted by Crippen LogP contribution is 2.25. The summed E-state index contributed by atoms with van der Waals surface area (Å²) in [6.07, 6.45) is 9.95. The zero-order chi connectivity index (χ0) is 26.2. The third kappa shape index (κ3) is 10.1. The molecular formula is C31H51N3O. The Balaban J connectivity index is 0.00000145. The molecule has 1 N–H and O–H groups in total. The second kappa shape index (κ2) is 17.3. The van der Waals surface area contributed by atoms with Gasteiger partial charge in [0.15, 0.2) is 0 Å². The molecule has 1 aromatic rings. The van der Waals surface area contributed by atoms with Crippen molar-refractivity contribution in [2.45, 2.75) is 80.3 Å². The van der Waals surface area contributed by atoms with Crippen LogP contribution in [0.25, 0.3) is 0 Å². The number of allylic oxidation sites excluding steroid dienone is 3. The van der Waals surface area contributed by atoms with Crippen molar-refractivity contribution in [1.29, 1.82) is 0 Å². The van der Waals surface area contributed by atoms with Gasteiger partial charge in [-0.05, 0) is 63.1 Å². The molecule has 196 valence electrons. The van der Waals surface area contributed by atoms with Crippen LogP contribution in [0.3, 0.4) is 0 Å². The second-order valence-electron chi connectivity index (χ2n) is 9.03. The van der Waals surface area contributed by atoms with Gasteiger partial charge in [-0.15, -0.1) is 6.58 Å². The summed E-state index contributed by atoms with van der Waals surface area (Å²) >= 11 is 0. The summed E-state index contributed by atoms with van der Waals surface area (Å²) < 4.78 is 0. The van der Waals surface area contributed by atoms with E-state index in [9.17, 15) is 5.11 Å². The minimum absolute atomic E-state index is 0.362. The van der Waals surface area contributed by atoms with Gasteiger partial charge in [0.05, 0.1) is 11.8 Å². The fourth-order valence-corrected chi connectivity index (χ4v) is 4.40. The molecule has 3 rings (SSSR count). The molecule has 1 heterocycles. The van der Waals surface area contributed by atoms with E-state index >= 15 is 0 Å². The Morgan fingerprint density at radius 2 is 1.74 bits per heavy atom. The van der Waals surface area contributed by atoms with Gasteiger partial charge < -0.3 is 10.0 Å². The van der Waals surface area contributed by atoms with Gasteiger partial charge in [-0.1, -0.05) is 77.1 Å². The van der Waals surface area contributed by atoms with Crippen LogP contribution in [0.4, 0.5) is 0 Å². The Hall–Kier alpha value is -2.17. The molecule has 0 spiro atoms. The van der Waals surface area contributed by atoms with Crippen molar-refractivity contribution in [1.82, 2.24) is 9.80 Å². The number of nitrogens with zero attached hydrogens (tertiary/aromatic N) is 3. The van der Waals surface area contributed by atoms with Crippen molar-refractivity contribution in [3.63, 3.8) is 0 Å². The van der Waals surface area contributed by atoms with Gasteiger partial charge in [0, 0.05) is 31.7 Å². The van der Waals surface area contributed by atoms with E-state index < -0.39 is 0 Å². The number of aliphatic hydroxyl groups is 1. The van der Waals surface area contributed by atoms with Gasteiger partial charge >= 0.3 is 0 Å². The maximum atomic E-state index is 9.63. The number of benzene rings is 1. The molecule has 0 amide bonds. The van der Waals surface area contributed by atoms with Crippen LogP contribution in [-0.4, -0.2) is 59.6 Å². The quantitative estimate of drug-likeness (QED) is 0.188. The van der Waals surface area contributed by atoms with E-state index in [2.05, 4.69) is 73.6 Å². The smallest absolute Gasteiger partial charge is 0.136 e. The molecule has 1 aliphatic carbocycles. The van der Waals surface area contributed by atoms with Crippen LogP contribution in [0.5, 0.6) is 0 Å².